The summed E-state index contributed by atoms with van der Waals surface area (Å²) in [6.45, 7) is 0.481. The lowest BCUT2D eigenvalue weighted by atomic mass is 10.0. The molecule has 150 valence electrons. The van der Waals surface area contributed by atoms with Crippen molar-refractivity contribution < 1.29 is 24.8 Å². The van der Waals surface area contributed by atoms with Gasteiger partial charge in [-0.2, -0.15) is 0 Å². The highest BCUT2D eigenvalue weighted by molar-refractivity contribution is 5.30. The van der Waals surface area contributed by atoms with Gasteiger partial charge in [0.2, 0.25) is 0 Å². The van der Waals surface area contributed by atoms with Crippen LogP contribution in [0.15, 0.2) is 66.0 Å². The molecule has 0 saturated carbocycles. The third-order valence-corrected chi connectivity index (χ3v) is 4.04. The Balaban J connectivity index is 2.02. The molecule has 0 bridgehead atoms. The first-order chi connectivity index (χ1) is 13.6. The van der Waals surface area contributed by atoms with Gasteiger partial charge in [0.25, 0.3) is 0 Å². The molecule has 0 amide bonds. The lowest BCUT2D eigenvalue weighted by Crippen LogP contribution is -2.04. The number of aliphatic hydroxyl groups is 3. The fraction of sp³-hybridized carbons (Fsp3) is 0.364. The Morgan fingerprint density at radius 2 is 2.04 bits per heavy atom. The highest BCUT2D eigenvalue weighted by Gasteiger charge is 2.11. The molecule has 2 rings (SSSR count). The minimum atomic E-state index is -0.738. The molecule has 1 aromatic carbocycles. The predicted molar refractivity (Wildman–Crippen MR) is 106 cm³/mol. The fourth-order valence-corrected chi connectivity index (χ4v) is 2.67. The number of aromatic nitrogens is 1. The molecular weight excluding hydrogens is 358 g/mol. The Morgan fingerprint density at radius 3 is 2.75 bits per heavy atom. The minimum absolute atomic E-state index is 0.0626. The zero-order valence-corrected chi connectivity index (χ0v) is 16.0. The first-order valence-electron chi connectivity index (χ1n) is 9.16. The van der Waals surface area contributed by atoms with Crippen molar-refractivity contribution in [2.75, 3.05) is 26.9 Å². The van der Waals surface area contributed by atoms with Gasteiger partial charge in [-0.25, -0.2) is 0 Å². The molecule has 0 fully saturated rings. The van der Waals surface area contributed by atoms with Crippen LogP contribution in [0.5, 0.6) is 5.75 Å². The molecule has 0 saturated heterocycles. The van der Waals surface area contributed by atoms with Gasteiger partial charge >= 0.3 is 0 Å². The maximum Gasteiger partial charge on any atom is 0.119 e. The highest BCUT2D eigenvalue weighted by atomic mass is 16.5. The number of hydrogen-bond acceptors (Lipinski definition) is 6. The van der Waals surface area contributed by atoms with Crippen LogP contribution in [0.25, 0.3) is 0 Å². The number of hydrogen-bond donors (Lipinski definition) is 3. The number of aliphatic hydroxyl groups excluding tert-OH is 3. The summed E-state index contributed by atoms with van der Waals surface area (Å²) in [5.41, 5.74) is 5.22. The summed E-state index contributed by atoms with van der Waals surface area (Å²) in [5.74, 6) is 0.601. The van der Waals surface area contributed by atoms with Crippen molar-refractivity contribution in [2.45, 2.75) is 25.0 Å². The molecule has 1 aromatic heterocycles. The second kappa shape index (κ2) is 12.1. The van der Waals surface area contributed by atoms with Crippen LogP contribution in [0.3, 0.4) is 0 Å². The molecule has 2 atom stereocenters. The first kappa shape index (κ1) is 21.8. The average Bonchev–Trinajstić information content (AvgIpc) is 2.73. The van der Waals surface area contributed by atoms with Crippen LogP contribution < -0.4 is 4.74 Å². The maximum absolute atomic E-state index is 10.4. The molecular formula is C22H27NO5. The van der Waals surface area contributed by atoms with E-state index in [-0.39, 0.29) is 13.2 Å². The number of rotatable bonds is 11. The van der Waals surface area contributed by atoms with Crippen molar-refractivity contribution in [1.82, 2.24) is 4.98 Å². The first-order valence-corrected chi connectivity index (χ1v) is 9.16. The summed E-state index contributed by atoms with van der Waals surface area (Å²) in [4.78, 5) is 4.16. The van der Waals surface area contributed by atoms with Gasteiger partial charge < -0.3 is 24.8 Å². The van der Waals surface area contributed by atoms with Gasteiger partial charge in [0, 0.05) is 26.1 Å². The Kier molecular flexibility index (Phi) is 9.42. The number of pyridine rings is 1. The van der Waals surface area contributed by atoms with Crippen LogP contribution >= 0.6 is 0 Å². The van der Waals surface area contributed by atoms with Gasteiger partial charge in [-0.15, -0.1) is 5.73 Å². The minimum Gasteiger partial charge on any atom is -0.491 e. The van der Waals surface area contributed by atoms with Crippen LogP contribution in [0.4, 0.5) is 0 Å². The van der Waals surface area contributed by atoms with Crippen molar-refractivity contribution in [3.63, 3.8) is 0 Å². The van der Waals surface area contributed by atoms with E-state index in [1.807, 2.05) is 12.1 Å². The molecule has 28 heavy (non-hydrogen) atoms. The van der Waals surface area contributed by atoms with Crippen molar-refractivity contribution in [3.05, 3.63) is 77.3 Å². The second-order valence-corrected chi connectivity index (χ2v) is 6.26. The summed E-state index contributed by atoms with van der Waals surface area (Å²) in [6.07, 6.45) is 2.64. The summed E-state index contributed by atoms with van der Waals surface area (Å²) < 4.78 is 10.6. The molecule has 0 aliphatic rings. The number of nitrogens with zero attached hydrogens (tertiary/aromatic N) is 1. The highest BCUT2D eigenvalue weighted by Crippen LogP contribution is 2.23. The van der Waals surface area contributed by atoms with E-state index >= 15 is 0 Å². The number of ether oxygens (including phenoxy) is 2. The predicted octanol–water partition coefficient (Wildman–Crippen LogP) is 2.73. The number of benzene rings is 1. The van der Waals surface area contributed by atoms with Crippen LogP contribution in [-0.2, 0) is 4.74 Å². The van der Waals surface area contributed by atoms with E-state index in [1.165, 1.54) is 0 Å². The van der Waals surface area contributed by atoms with E-state index in [2.05, 4.69) is 10.7 Å². The van der Waals surface area contributed by atoms with Crippen molar-refractivity contribution in [3.8, 4) is 5.75 Å². The normalized spacial score (nSPS) is 12.7. The Labute approximate surface area is 165 Å². The van der Waals surface area contributed by atoms with Gasteiger partial charge in [-0.05, 0) is 41.5 Å². The molecule has 6 nitrogen and oxygen atoms in total. The third-order valence-electron chi connectivity index (χ3n) is 4.04. The zero-order valence-electron chi connectivity index (χ0n) is 16.0. The van der Waals surface area contributed by atoms with Gasteiger partial charge in [0.05, 0.1) is 25.0 Å². The lowest BCUT2D eigenvalue weighted by Gasteiger charge is -2.12. The molecule has 3 N–H and O–H groups in total. The van der Waals surface area contributed by atoms with E-state index in [0.717, 1.165) is 11.1 Å². The van der Waals surface area contributed by atoms with Crippen molar-refractivity contribution in [2.24, 2.45) is 0 Å². The Morgan fingerprint density at radius 1 is 1.18 bits per heavy atom. The smallest absolute Gasteiger partial charge is 0.119 e. The van der Waals surface area contributed by atoms with E-state index in [4.69, 9.17) is 14.6 Å². The third kappa shape index (κ3) is 7.27. The molecule has 2 aromatic rings. The van der Waals surface area contributed by atoms with E-state index in [0.29, 0.717) is 30.9 Å². The second-order valence-electron chi connectivity index (χ2n) is 6.26. The van der Waals surface area contributed by atoms with Gasteiger partial charge in [-0.3, -0.25) is 4.98 Å². The molecule has 0 aliphatic heterocycles. The number of methoxy groups -OCH3 is 1. The maximum atomic E-state index is 10.4. The van der Waals surface area contributed by atoms with Gasteiger partial charge in [0.1, 0.15) is 18.5 Å². The largest absolute Gasteiger partial charge is 0.491 e. The van der Waals surface area contributed by atoms with Crippen LogP contribution in [-0.4, -0.2) is 47.2 Å². The summed E-state index contributed by atoms with van der Waals surface area (Å²) in [7, 11) is 1.58. The monoisotopic (exact) mass is 385 g/mol. The average molecular weight is 385 g/mol. The van der Waals surface area contributed by atoms with Crippen LogP contribution in [0.1, 0.15) is 36.3 Å². The van der Waals surface area contributed by atoms with E-state index < -0.39 is 12.2 Å². The van der Waals surface area contributed by atoms with Crippen molar-refractivity contribution in [1.29, 1.82) is 0 Å². The standard InChI is InChI=1S/C22H27NO5/c1-27-16-17(14-22(26)20-9-2-3-11-23-20)6-4-10-21(25)18-7-5-8-19(15-18)28-13-12-24/h2-5,7-9,11,15,21-22,24-26H,10,12-14,16H2,1H3/t6?,21-,22-/m0/s1. The molecule has 0 unspecified atom stereocenters. The SMILES string of the molecule is COCC(=C=CC[C@H](O)c1cccc(OCCO)c1)C[C@H](O)c1ccccn1. The lowest BCUT2D eigenvalue weighted by molar-refractivity contribution is 0.160. The van der Waals surface area contributed by atoms with Crippen molar-refractivity contribution >= 4 is 0 Å². The molecule has 1 heterocycles. The van der Waals surface area contributed by atoms with Crippen LogP contribution in [0.2, 0.25) is 0 Å². The summed E-state index contributed by atoms with van der Waals surface area (Å²) in [6, 6.07) is 12.5. The fourth-order valence-electron chi connectivity index (χ4n) is 2.67. The quantitative estimate of drug-likeness (QED) is 0.515. The molecule has 6 heteroatoms. The summed E-state index contributed by atoms with van der Waals surface area (Å²) in [5, 5.41) is 29.6. The van der Waals surface area contributed by atoms with E-state index in [1.54, 1.807) is 49.7 Å². The van der Waals surface area contributed by atoms with Gasteiger partial charge in [-0.1, -0.05) is 18.2 Å². The van der Waals surface area contributed by atoms with Crippen LogP contribution in [0, 0.1) is 0 Å². The Bertz CT molecular complexity index is 772. The molecule has 0 radical (unpaired) electrons. The summed E-state index contributed by atoms with van der Waals surface area (Å²) >= 11 is 0. The molecule has 0 spiro atoms. The molecule has 0 aliphatic carbocycles. The topological polar surface area (TPSA) is 92.0 Å². The van der Waals surface area contributed by atoms with Gasteiger partial charge in [0.15, 0.2) is 0 Å². The Hall–Kier alpha value is -2.47. The zero-order chi connectivity index (χ0) is 20.2. The van der Waals surface area contributed by atoms with E-state index in [9.17, 15) is 10.2 Å².